The average Bonchev–Trinajstić information content (AvgIpc) is 2.58. The zero-order valence-electron chi connectivity index (χ0n) is 15.5. The molecule has 0 saturated carbocycles. The maximum atomic E-state index is 12.0. The largest absolute Gasteiger partial charge is 0.481 e. The standard InChI is InChI=1S/C19H22N2O5/c1-19(2,3)26-18(23)21-15(17(22)25-5)11-12-6-8-14-13(10-12)7-9-16(20-14)24-4/h6-11H,1-5H3,(H,21,23)/b15-11-. The summed E-state index contributed by atoms with van der Waals surface area (Å²) in [6.45, 7) is 5.20. The molecular weight excluding hydrogens is 336 g/mol. The van der Waals surface area contributed by atoms with Crippen molar-refractivity contribution in [3.05, 3.63) is 41.6 Å². The lowest BCUT2D eigenvalue weighted by Crippen LogP contribution is -2.34. The lowest BCUT2D eigenvalue weighted by Gasteiger charge is -2.20. The highest BCUT2D eigenvalue weighted by Gasteiger charge is 2.20. The van der Waals surface area contributed by atoms with Crippen molar-refractivity contribution in [3.63, 3.8) is 0 Å². The minimum Gasteiger partial charge on any atom is -0.481 e. The molecule has 138 valence electrons. The molecule has 1 aromatic heterocycles. The highest BCUT2D eigenvalue weighted by atomic mass is 16.6. The maximum Gasteiger partial charge on any atom is 0.412 e. The Hall–Kier alpha value is -3.09. The van der Waals surface area contributed by atoms with E-state index in [2.05, 4.69) is 10.3 Å². The molecule has 1 heterocycles. The van der Waals surface area contributed by atoms with Gasteiger partial charge in [0, 0.05) is 11.5 Å². The molecule has 7 heteroatoms. The number of ether oxygens (including phenoxy) is 3. The van der Waals surface area contributed by atoms with Gasteiger partial charge in [0.25, 0.3) is 0 Å². The second-order valence-corrected chi connectivity index (χ2v) is 6.48. The van der Waals surface area contributed by atoms with Crippen molar-refractivity contribution >= 4 is 29.0 Å². The zero-order valence-corrected chi connectivity index (χ0v) is 15.5. The number of amides is 1. The second-order valence-electron chi connectivity index (χ2n) is 6.48. The highest BCUT2D eigenvalue weighted by molar-refractivity contribution is 5.97. The molecule has 0 aliphatic heterocycles. The fraction of sp³-hybridized carbons (Fsp3) is 0.316. The van der Waals surface area contributed by atoms with Gasteiger partial charge in [0.05, 0.1) is 19.7 Å². The third-order valence-corrected chi connectivity index (χ3v) is 3.25. The van der Waals surface area contributed by atoms with Gasteiger partial charge in [-0.05, 0) is 50.6 Å². The van der Waals surface area contributed by atoms with Crippen molar-refractivity contribution < 1.29 is 23.8 Å². The van der Waals surface area contributed by atoms with E-state index in [1.807, 2.05) is 12.1 Å². The predicted octanol–water partition coefficient (Wildman–Crippen LogP) is 3.28. The average molecular weight is 358 g/mol. The van der Waals surface area contributed by atoms with Crippen molar-refractivity contribution in [2.75, 3.05) is 14.2 Å². The predicted molar refractivity (Wildman–Crippen MR) is 97.7 cm³/mol. The number of carbonyl (C=O) groups is 2. The van der Waals surface area contributed by atoms with E-state index < -0.39 is 17.7 Å². The van der Waals surface area contributed by atoms with Crippen LogP contribution in [0.15, 0.2) is 36.0 Å². The lowest BCUT2D eigenvalue weighted by atomic mass is 10.1. The smallest absolute Gasteiger partial charge is 0.412 e. The van der Waals surface area contributed by atoms with Crippen LogP contribution in [0.3, 0.4) is 0 Å². The van der Waals surface area contributed by atoms with E-state index >= 15 is 0 Å². The molecule has 2 rings (SSSR count). The third-order valence-electron chi connectivity index (χ3n) is 3.25. The van der Waals surface area contributed by atoms with Gasteiger partial charge in [-0.2, -0.15) is 0 Å². The summed E-state index contributed by atoms with van der Waals surface area (Å²) in [7, 11) is 2.79. The van der Waals surface area contributed by atoms with Gasteiger partial charge in [-0.15, -0.1) is 0 Å². The molecule has 1 amide bonds. The summed E-state index contributed by atoms with van der Waals surface area (Å²) in [4.78, 5) is 28.3. The van der Waals surface area contributed by atoms with Gasteiger partial charge >= 0.3 is 12.1 Å². The molecule has 0 bridgehead atoms. The first kappa shape index (κ1) is 19.2. The Labute approximate surface area is 152 Å². The van der Waals surface area contributed by atoms with Gasteiger partial charge in [-0.1, -0.05) is 6.07 Å². The van der Waals surface area contributed by atoms with E-state index in [0.29, 0.717) is 11.4 Å². The number of pyridine rings is 1. The lowest BCUT2D eigenvalue weighted by molar-refractivity contribution is -0.136. The molecule has 0 aliphatic carbocycles. The minimum atomic E-state index is -0.735. The normalized spacial score (nSPS) is 11.8. The number of benzene rings is 1. The van der Waals surface area contributed by atoms with Crippen LogP contribution in [0.2, 0.25) is 0 Å². The van der Waals surface area contributed by atoms with E-state index in [-0.39, 0.29) is 5.70 Å². The number of hydrogen-bond acceptors (Lipinski definition) is 6. The summed E-state index contributed by atoms with van der Waals surface area (Å²) < 4.78 is 15.0. The van der Waals surface area contributed by atoms with Gasteiger partial charge in [0.1, 0.15) is 11.3 Å². The summed E-state index contributed by atoms with van der Waals surface area (Å²) in [6.07, 6.45) is 0.778. The van der Waals surface area contributed by atoms with Gasteiger partial charge in [-0.3, -0.25) is 5.32 Å². The van der Waals surface area contributed by atoms with Gasteiger partial charge in [-0.25, -0.2) is 14.6 Å². The Balaban J connectivity index is 2.32. The first-order chi connectivity index (χ1) is 12.2. The van der Waals surface area contributed by atoms with Crippen LogP contribution in [0.1, 0.15) is 26.3 Å². The number of alkyl carbamates (subject to hydrolysis) is 1. The molecule has 0 atom stereocenters. The number of methoxy groups -OCH3 is 2. The van der Waals surface area contributed by atoms with Crippen LogP contribution < -0.4 is 10.1 Å². The monoisotopic (exact) mass is 358 g/mol. The molecular formula is C19H22N2O5. The van der Waals surface area contributed by atoms with Crippen molar-refractivity contribution in [1.29, 1.82) is 0 Å². The maximum absolute atomic E-state index is 12.0. The fourth-order valence-corrected chi connectivity index (χ4v) is 2.17. The van der Waals surface area contributed by atoms with Gasteiger partial charge < -0.3 is 14.2 Å². The molecule has 0 fully saturated rings. The number of hydrogen-bond donors (Lipinski definition) is 1. The van der Waals surface area contributed by atoms with Gasteiger partial charge in [0.15, 0.2) is 0 Å². The number of fused-ring (bicyclic) bond motifs is 1. The Morgan fingerprint density at radius 1 is 1.12 bits per heavy atom. The van der Waals surface area contributed by atoms with Crippen molar-refractivity contribution in [3.8, 4) is 5.88 Å². The van der Waals surface area contributed by atoms with Gasteiger partial charge in [0.2, 0.25) is 5.88 Å². The van der Waals surface area contributed by atoms with Crippen molar-refractivity contribution in [2.45, 2.75) is 26.4 Å². The van der Waals surface area contributed by atoms with Crippen LogP contribution in [0, 0.1) is 0 Å². The number of esters is 1. The summed E-state index contributed by atoms with van der Waals surface area (Å²) in [5.74, 6) is -0.161. The molecule has 7 nitrogen and oxygen atoms in total. The van der Waals surface area contributed by atoms with Crippen molar-refractivity contribution in [2.24, 2.45) is 0 Å². The SMILES string of the molecule is COC(=O)/C(=C/c1ccc2nc(OC)ccc2c1)NC(=O)OC(C)(C)C. The van der Waals surface area contributed by atoms with Crippen LogP contribution in [0.5, 0.6) is 5.88 Å². The molecule has 0 aliphatic rings. The summed E-state index contributed by atoms with van der Waals surface area (Å²) in [5, 5.41) is 3.29. The zero-order chi connectivity index (χ0) is 19.3. The minimum absolute atomic E-state index is 0.0254. The first-order valence-corrected chi connectivity index (χ1v) is 7.96. The van der Waals surface area contributed by atoms with E-state index in [0.717, 1.165) is 10.9 Å². The molecule has 26 heavy (non-hydrogen) atoms. The third kappa shape index (κ3) is 5.20. The van der Waals surface area contributed by atoms with Crippen molar-refractivity contribution in [1.82, 2.24) is 10.3 Å². The second kappa shape index (κ2) is 7.86. The Kier molecular flexibility index (Phi) is 5.82. The number of carbonyl (C=O) groups excluding carboxylic acids is 2. The topological polar surface area (TPSA) is 86.8 Å². The molecule has 0 saturated heterocycles. The summed E-state index contributed by atoms with van der Waals surface area (Å²) in [5.41, 5.74) is 0.739. The first-order valence-electron chi connectivity index (χ1n) is 7.96. The molecule has 0 unspecified atom stereocenters. The molecule has 1 N–H and O–H groups in total. The Bertz CT molecular complexity index is 853. The van der Waals surface area contributed by atoms with E-state index in [1.54, 1.807) is 46.1 Å². The quantitative estimate of drug-likeness (QED) is 0.667. The Morgan fingerprint density at radius 2 is 1.85 bits per heavy atom. The Morgan fingerprint density at radius 3 is 2.46 bits per heavy atom. The highest BCUT2D eigenvalue weighted by Crippen LogP contribution is 2.19. The number of nitrogens with one attached hydrogen (secondary N) is 1. The number of rotatable bonds is 4. The number of nitrogens with zero attached hydrogens (tertiary/aromatic N) is 1. The molecule has 1 aromatic carbocycles. The van der Waals surface area contributed by atoms with Crippen LogP contribution in [0.4, 0.5) is 4.79 Å². The fourth-order valence-electron chi connectivity index (χ4n) is 2.17. The summed E-state index contributed by atoms with van der Waals surface area (Å²) in [6, 6.07) is 9.01. The van der Waals surface area contributed by atoms with Crippen LogP contribution in [-0.4, -0.2) is 36.9 Å². The number of aromatic nitrogens is 1. The summed E-state index contributed by atoms with van der Waals surface area (Å²) >= 11 is 0. The van der Waals surface area contributed by atoms with E-state index in [1.165, 1.54) is 13.2 Å². The molecule has 0 radical (unpaired) electrons. The van der Waals surface area contributed by atoms with Crippen LogP contribution in [0.25, 0.3) is 17.0 Å². The van der Waals surface area contributed by atoms with Crippen LogP contribution in [-0.2, 0) is 14.3 Å². The van der Waals surface area contributed by atoms with Crippen LogP contribution >= 0.6 is 0 Å². The molecule has 0 spiro atoms. The van der Waals surface area contributed by atoms with E-state index in [9.17, 15) is 9.59 Å². The van der Waals surface area contributed by atoms with E-state index in [4.69, 9.17) is 14.2 Å². The molecule has 2 aromatic rings.